The first-order valence-corrected chi connectivity index (χ1v) is 17.0. The number of ether oxygens (including phenoxy) is 3. The molecular formula is C34H53N9O8. The molecule has 0 bridgehead atoms. The molecule has 0 aliphatic carbocycles. The Kier molecular flexibility index (Phi) is 14.8. The fourth-order valence-electron chi connectivity index (χ4n) is 4.99. The predicted molar refractivity (Wildman–Crippen MR) is 191 cm³/mol. The lowest BCUT2D eigenvalue weighted by molar-refractivity contribution is -0.133. The maximum absolute atomic E-state index is 12.8. The molecule has 1 aromatic rings. The Morgan fingerprint density at radius 1 is 0.882 bits per heavy atom. The summed E-state index contributed by atoms with van der Waals surface area (Å²) < 4.78 is 16.6. The number of aliphatic imine (C=N–C) groups is 2. The number of hydrogen-bond acceptors (Lipinski definition) is 12. The van der Waals surface area contributed by atoms with Crippen LogP contribution < -0.4 is 4.90 Å². The summed E-state index contributed by atoms with van der Waals surface area (Å²) in [5.74, 6) is -0.112. The number of nitrogens with zero attached hydrogens (tertiary/aromatic N) is 9. The Morgan fingerprint density at radius 3 is 1.94 bits per heavy atom. The van der Waals surface area contributed by atoms with Crippen molar-refractivity contribution in [2.45, 2.75) is 72.6 Å². The van der Waals surface area contributed by atoms with Crippen LogP contribution >= 0.6 is 0 Å². The number of carbonyl (C=O) groups excluding carboxylic acids is 3. The quantitative estimate of drug-likeness (QED) is 0.153. The number of carbonyl (C=O) groups is 4. The van der Waals surface area contributed by atoms with E-state index in [2.05, 4.69) is 31.6 Å². The Bertz CT molecular complexity index is 1390. The van der Waals surface area contributed by atoms with Gasteiger partial charge >= 0.3 is 18.2 Å². The van der Waals surface area contributed by atoms with E-state index in [1.807, 2.05) is 14.7 Å². The summed E-state index contributed by atoms with van der Waals surface area (Å²) in [7, 11) is 0. The van der Waals surface area contributed by atoms with E-state index in [4.69, 9.17) is 19.3 Å². The zero-order valence-electron chi connectivity index (χ0n) is 31.0. The first-order chi connectivity index (χ1) is 24.0. The molecule has 0 aromatic carbocycles. The van der Waals surface area contributed by atoms with E-state index in [-0.39, 0.29) is 18.0 Å². The van der Waals surface area contributed by atoms with Gasteiger partial charge in [0, 0.05) is 83.1 Å². The van der Waals surface area contributed by atoms with Crippen LogP contribution in [0.1, 0.15) is 60.5 Å². The molecule has 3 amide bonds. The van der Waals surface area contributed by atoms with E-state index in [9.17, 15) is 19.2 Å². The monoisotopic (exact) mass is 715 g/mol. The Morgan fingerprint density at radius 2 is 1.43 bits per heavy atom. The van der Waals surface area contributed by atoms with Crippen molar-refractivity contribution in [3.8, 4) is 0 Å². The second-order valence-electron chi connectivity index (χ2n) is 14.2. The summed E-state index contributed by atoms with van der Waals surface area (Å²) in [4.78, 5) is 75.4. The second kappa shape index (κ2) is 18.6. The number of carboxylic acid groups (broad SMARTS) is 1. The topological polar surface area (TPSA) is 183 Å². The normalized spacial score (nSPS) is 16.5. The lowest BCUT2D eigenvalue weighted by Gasteiger charge is -2.35. The van der Waals surface area contributed by atoms with E-state index in [0.717, 1.165) is 24.5 Å². The second-order valence-corrected chi connectivity index (χ2v) is 14.2. The average Bonchev–Trinajstić information content (AvgIpc) is 3.06. The van der Waals surface area contributed by atoms with Crippen LogP contribution in [0, 0.1) is 0 Å². The third kappa shape index (κ3) is 13.9. The maximum atomic E-state index is 12.8. The van der Waals surface area contributed by atoms with Gasteiger partial charge in [0.25, 0.3) is 0 Å². The minimum atomic E-state index is -1.03. The molecule has 1 N–H and O–H groups in total. The largest absolute Gasteiger partial charge is 0.478 e. The van der Waals surface area contributed by atoms with Crippen molar-refractivity contribution in [3.63, 3.8) is 0 Å². The number of amides is 3. The number of anilines is 1. The minimum absolute atomic E-state index is 0.0276. The van der Waals surface area contributed by atoms with E-state index >= 15 is 0 Å². The average molecular weight is 716 g/mol. The van der Waals surface area contributed by atoms with Crippen molar-refractivity contribution < 1.29 is 38.5 Å². The van der Waals surface area contributed by atoms with Gasteiger partial charge in [-0.1, -0.05) is 0 Å². The molecule has 282 valence electrons. The van der Waals surface area contributed by atoms with E-state index in [1.165, 1.54) is 13.1 Å². The molecule has 1 aromatic heterocycles. The van der Waals surface area contributed by atoms with Crippen LogP contribution in [-0.4, -0.2) is 155 Å². The van der Waals surface area contributed by atoms with Gasteiger partial charge in [-0.3, -0.25) is 9.69 Å². The summed E-state index contributed by atoms with van der Waals surface area (Å²) in [6, 6.07) is 0. The third-order valence-corrected chi connectivity index (χ3v) is 7.70. The van der Waals surface area contributed by atoms with E-state index < -0.39 is 29.4 Å². The molecule has 17 heteroatoms. The van der Waals surface area contributed by atoms with Crippen molar-refractivity contribution in [1.29, 1.82) is 0 Å². The summed E-state index contributed by atoms with van der Waals surface area (Å²) in [6.07, 6.45) is 3.05. The number of hydrogen-bond donors (Lipinski definition) is 1. The van der Waals surface area contributed by atoms with Crippen molar-refractivity contribution in [1.82, 2.24) is 29.6 Å². The molecule has 2 saturated heterocycles. The van der Waals surface area contributed by atoms with Gasteiger partial charge < -0.3 is 34.0 Å². The van der Waals surface area contributed by atoms with Gasteiger partial charge in [0.05, 0.1) is 31.8 Å². The Balaban J connectivity index is 1.38. The number of piperazine rings is 2. The van der Waals surface area contributed by atoms with Gasteiger partial charge in [0.1, 0.15) is 11.2 Å². The summed E-state index contributed by atoms with van der Waals surface area (Å²) >= 11 is 0. The van der Waals surface area contributed by atoms with Crippen LogP contribution in [0.3, 0.4) is 0 Å². The fraction of sp³-hybridized carbons (Fsp3) is 0.647. The Labute approximate surface area is 299 Å². The molecule has 2 fully saturated rings. The lowest BCUT2D eigenvalue weighted by atomic mass is 10.2. The zero-order chi connectivity index (χ0) is 37.8. The molecule has 3 rings (SSSR count). The van der Waals surface area contributed by atoms with Gasteiger partial charge in [-0.2, -0.15) is 0 Å². The smallest absolute Gasteiger partial charge is 0.420 e. The summed E-state index contributed by atoms with van der Waals surface area (Å²) in [5.41, 5.74) is -0.958. The van der Waals surface area contributed by atoms with Crippen molar-refractivity contribution in [2.24, 2.45) is 9.98 Å². The number of carboxylic acids is 1. The first-order valence-electron chi connectivity index (χ1n) is 17.0. The van der Waals surface area contributed by atoms with Gasteiger partial charge in [-0.05, 0) is 55.2 Å². The molecule has 0 spiro atoms. The number of rotatable bonds is 11. The maximum Gasteiger partial charge on any atom is 0.420 e. The van der Waals surface area contributed by atoms with Gasteiger partial charge in [0.15, 0.2) is 0 Å². The molecule has 0 atom stereocenters. The first kappa shape index (κ1) is 40.8. The zero-order valence-corrected chi connectivity index (χ0v) is 31.0. The third-order valence-electron chi connectivity index (χ3n) is 7.70. The fourth-order valence-corrected chi connectivity index (χ4v) is 4.99. The highest BCUT2D eigenvalue weighted by molar-refractivity contribution is 5.89. The van der Waals surface area contributed by atoms with Gasteiger partial charge in [-0.15, -0.1) is 0 Å². The highest BCUT2D eigenvalue weighted by atomic mass is 16.6. The molecule has 0 saturated carbocycles. The van der Waals surface area contributed by atoms with E-state index in [0.29, 0.717) is 76.4 Å². The predicted octanol–water partition coefficient (Wildman–Crippen LogP) is 2.87. The van der Waals surface area contributed by atoms with Crippen LogP contribution in [0.25, 0.3) is 0 Å². The molecule has 51 heavy (non-hydrogen) atoms. The highest BCUT2D eigenvalue weighted by Gasteiger charge is 2.32. The number of aliphatic carboxylic acids is 1. The van der Waals surface area contributed by atoms with Crippen LogP contribution in [0.15, 0.2) is 34.2 Å². The molecular weight excluding hydrogens is 662 g/mol. The lowest BCUT2D eigenvalue weighted by Crippen LogP contribution is -2.49. The molecule has 2 aliphatic heterocycles. The van der Waals surface area contributed by atoms with Crippen LogP contribution in [-0.2, 0) is 30.3 Å². The van der Waals surface area contributed by atoms with Crippen molar-refractivity contribution in [3.05, 3.63) is 29.7 Å². The highest BCUT2D eigenvalue weighted by Crippen LogP contribution is 2.18. The van der Waals surface area contributed by atoms with Crippen molar-refractivity contribution >= 4 is 42.7 Å². The van der Waals surface area contributed by atoms with E-state index in [1.54, 1.807) is 53.9 Å². The van der Waals surface area contributed by atoms with Gasteiger partial charge in [0.2, 0.25) is 17.8 Å². The molecule has 17 nitrogen and oxygen atoms in total. The number of aromatic nitrogens is 2. The molecule has 0 unspecified atom stereocenters. The number of guanidine groups is 1. The molecule has 0 radical (unpaired) electrons. The SMILES string of the molecule is C=N/C(=N\C=C(/C)C(=O)O)N1CCN(CCOCCC(=O)N2CCN(c3ncc(CN(C(=O)OC(C)(C)C)C(=O)OC(C)(C)C)cn3)CC2)CC1. The molecule has 2 aliphatic rings. The summed E-state index contributed by atoms with van der Waals surface area (Å²) in [5, 5.41) is 9.00. The number of imide groups is 1. The standard InChI is InChI=1S/C34H53N9O8/c1-25(28(45)46)21-36-29(35-8)41-12-10-39(11-13-41)18-20-49-19-9-27(44)40-14-16-42(17-15-40)30-37-22-26(23-38-30)24-43(31(47)50-33(2,3)4)32(48)51-34(5,6)7/h21-23H,8-20,24H2,1-7H3,(H,45,46)/b25-21+,36-29+. The van der Waals surface area contributed by atoms with Gasteiger partial charge in [-0.25, -0.2) is 39.2 Å². The summed E-state index contributed by atoms with van der Waals surface area (Å²) in [6.45, 7) is 21.8. The van der Waals surface area contributed by atoms with Crippen LogP contribution in [0.5, 0.6) is 0 Å². The van der Waals surface area contributed by atoms with Crippen LogP contribution in [0.4, 0.5) is 15.5 Å². The van der Waals surface area contributed by atoms with Crippen molar-refractivity contribution in [2.75, 3.05) is 77.0 Å². The molecule has 3 heterocycles. The van der Waals surface area contributed by atoms with Crippen LogP contribution in [0.2, 0.25) is 0 Å². The Hall–Kier alpha value is -4.64. The minimum Gasteiger partial charge on any atom is -0.478 e.